The Morgan fingerprint density at radius 2 is 2.07 bits per heavy atom. The Morgan fingerprint density at radius 3 is 2.79 bits per heavy atom. The minimum atomic E-state index is 0.102. The molecule has 2 aromatic rings. The quantitative estimate of drug-likeness (QED) is 0.723. The molecule has 1 aromatic heterocycles. The molecule has 0 unspecified atom stereocenters. The molecule has 2 rings (SSSR count). The highest BCUT2D eigenvalue weighted by Crippen LogP contribution is 2.17. The summed E-state index contributed by atoms with van der Waals surface area (Å²) in [4.78, 5) is 14.2. The van der Waals surface area contributed by atoms with Gasteiger partial charge in [-0.05, 0) is 11.5 Å². The second kappa shape index (κ2) is 4.06. The molecule has 14 heavy (non-hydrogen) atoms. The average molecular weight is 205 g/mol. The zero-order valence-electron chi connectivity index (χ0n) is 7.25. The molecule has 0 radical (unpaired) electrons. The van der Waals surface area contributed by atoms with Crippen LogP contribution in [0.1, 0.15) is 5.01 Å². The average Bonchev–Trinajstić information content (AvgIpc) is 2.68. The van der Waals surface area contributed by atoms with Gasteiger partial charge in [0, 0.05) is 5.56 Å². The van der Waals surface area contributed by atoms with E-state index in [1.807, 2.05) is 30.3 Å². The fourth-order valence-corrected chi connectivity index (χ4v) is 1.65. The van der Waals surface area contributed by atoms with Crippen molar-refractivity contribution in [1.82, 2.24) is 9.36 Å². The minimum absolute atomic E-state index is 0.102. The summed E-state index contributed by atoms with van der Waals surface area (Å²) in [6.45, 7) is 0.102. The predicted octanol–water partition coefficient (Wildman–Crippen LogP) is 2.47. The third-order valence-electron chi connectivity index (χ3n) is 1.70. The topological polar surface area (TPSA) is 55.2 Å². The molecular weight excluding hydrogens is 198 g/mol. The number of benzene rings is 1. The Kier molecular flexibility index (Phi) is 2.60. The molecule has 0 fully saturated rings. The number of nitrogens with zero attached hydrogens (tertiary/aromatic N) is 3. The van der Waals surface area contributed by atoms with Gasteiger partial charge in [-0.3, -0.25) is 0 Å². The number of hydrogen-bond acceptors (Lipinski definition) is 5. The van der Waals surface area contributed by atoms with Crippen LogP contribution in [0.5, 0.6) is 0 Å². The Balaban J connectivity index is 2.29. The number of aromatic nitrogens is 2. The maximum absolute atomic E-state index is 10.0. The summed E-state index contributed by atoms with van der Waals surface area (Å²) in [5, 5.41) is 3.42. The highest BCUT2D eigenvalue weighted by atomic mass is 32.1. The molecule has 1 heterocycles. The lowest BCUT2D eigenvalue weighted by molar-refractivity contribution is 1.03. The van der Waals surface area contributed by atoms with Crippen molar-refractivity contribution in [1.29, 1.82) is 0 Å². The summed E-state index contributed by atoms with van der Waals surface area (Å²) < 4.78 is 4.14. The van der Waals surface area contributed by atoms with E-state index in [1.54, 1.807) is 0 Å². The molecule has 5 heteroatoms. The zero-order chi connectivity index (χ0) is 9.80. The van der Waals surface area contributed by atoms with Crippen molar-refractivity contribution < 1.29 is 0 Å². The second-order valence-corrected chi connectivity index (χ2v) is 3.50. The van der Waals surface area contributed by atoms with E-state index in [-0.39, 0.29) is 6.54 Å². The lowest BCUT2D eigenvalue weighted by Gasteiger charge is -1.91. The van der Waals surface area contributed by atoms with Gasteiger partial charge in [-0.2, -0.15) is 9.28 Å². The molecule has 0 N–H and O–H groups in total. The molecule has 0 spiro atoms. The Bertz CT molecular complexity index is 427. The van der Waals surface area contributed by atoms with Crippen LogP contribution in [0.15, 0.2) is 35.5 Å². The first kappa shape index (κ1) is 8.96. The Hall–Kier alpha value is -1.62. The van der Waals surface area contributed by atoms with Crippen LogP contribution >= 0.6 is 11.5 Å². The van der Waals surface area contributed by atoms with Gasteiger partial charge >= 0.3 is 0 Å². The van der Waals surface area contributed by atoms with Crippen LogP contribution in [-0.2, 0) is 6.54 Å². The standard InChI is InChI=1S/C9H7N3OS/c13-10-6-8-11-9(12-14-8)7-4-2-1-3-5-7/h1-5H,6H2. The van der Waals surface area contributed by atoms with Crippen molar-refractivity contribution in [2.24, 2.45) is 5.18 Å². The monoisotopic (exact) mass is 205 g/mol. The fourth-order valence-electron chi connectivity index (χ4n) is 1.08. The van der Waals surface area contributed by atoms with E-state index in [2.05, 4.69) is 14.5 Å². The third kappa shape index (κ3) is 1.82. The van der Waals surface area contributed by atoms with Gasteiger partial charge in [0.2, 0.25) is 0 Å². The van der Waals surface area contributed by atoms with Crippen LogP contribution in [0.2, 0.25) is 0 Å². The fraction of sp³-hybridized carbons (Fsp3) is 0.111. The molecule has 70 valence electrons. The maximum atomic E-state index is 10.0. The molecular formula is C9H7N3OS. The lowest BCUT2D eigenvalue weighted by atomic mass is 10.2. The van der Waals surface area contributed by atoms with Crippen molar-refractivity contribution in [2.45, 2.75) is 6.54 Å². The first-order valence-electron chi connectivity index (χ1n) is 4.07. The number of hydrogen-bond donors (Lipinski definition) is 0. The number of rotatable bonds is 3. The summed E-state index contributed by atoms with van der Waals surface area (Å²) >= 11 is 1.21. The van der Waals surface area contributed by atoms with Gasteiger partial charge in [-0.15, -0.1) is 0 Å². The van der Waals surface area contributed by atoms with Gasteiger partial charge < -0.3 is 0 Å². The molecule has 4 nitrogen and oxygen atoms in total. The lowest BCUT2D eigenvalue weighted by Crippen LogP contribution is -1.81. The molecule has 1 aromatic carbocycles. The molecule has 0 saturated carbocycles. The summed E-state index contributed by atoms with van der Waals surface area (Å²) in [6.07, 6.45) is 0. The van der Waals surface area contributed by atoms with E-state index < -0.39 is 0 Å². The minimum Gasteiger partial charge on any atom is -0.218 e. The van der Waals surface area contributed by atoms with E-state index in [0.717, 1.165) is 5.56 Å². The van der Waals surface area contributed by atoms with E-state index in [1.165, 1.54) is 11.5 Å². The van der Waals surface area contributed by atoms with Crippen LogP contribution in [0.3, 0.4) is 0 Å². The first-order valence-corrected chi connectivity index (χ1v) is 4.84. The van der Waals surface area contributed by atoms with Crippen molar-refractivity contribution in [3.8, 4) is 11.4 Å². The van der Waals surface area contributed by atoms with Crippen LogP contribution < -0.4 is 0 Å². The van der Waals surface area contributed by atoms with Gasteiger partial charge in [0.05, 0.1) is 0 Å². The molecule has 0 aliphatic rings. The van der Waals surface area contributed by atoms with Gasteiger partial charge in [-0.25, -0.2) is 4.98 Å². The van der Waals surface area contributed by atoms with Crippen LogP contribution in [0.25, 0.3) is 11.4 Å². The largest absolute Gasteiger partial charge is 0.218 e. The van der Waals surface area contributed by atoms with Gasteiger partial charge in [-0.1, -0.05) is 35.5 Å². The summed E-state index contributed by atoms with van der Waals surface area (Å²) in [5.74, 6) is 0.661. The van der Waals surface area contributed by atoms with E-state index in [4.69, 9.17) is 0 Å². The van der Waals surface area contributed by atoms with Gasteiger partial charge in [0.15, 0.2) is 5.82 Å². The third-order valence-corrected chi connectivity index (χ3v) is 2.40. The highest BCUT2D eigenvalue weighted by Gasteiger charge is 2.05. The van der Waals surface area contributed by atoms with Gasteiger partial charge in [0.1, 0.15) is 11.6 Å². The van der Waals surface area contributed by atoms with Gasteiger partial charge in [0.25, 0.3) is 0 Å². The highest BCUT2D eigenvalue weighted by molar-refractivity contribution is 7.05. The van der Waals surface area contributed by atoms with Crippen molar-refractivity contribution in [3.05, 3.63) is 40.2 Å². The molecule has 0 bridgehead atoms. The Labute approximate surface area is 84.8 Å². The Morgan fingerprint density at radius 1 is 1.29 bits per heavy atom. The van der Waals surface area contributed by atoms with Crippen LogP contribution in [0.4, 0.5) is 0 Å². The second-order valence-electron chi connectivity index (χ2n) is 2.66. The predicted molar refractivity (Wildman–Crippen MR) is 54.8 cm³/mol. The van der Waals surface area contributed by atoms with E-state index in [9.17, 15) is 4.91 Å². The summed E-state index contributed by atoms with van der Waals surface area (Å²) in [5.41, 5.74) is 0.959. The van der Waals surface area contributed by atoms with Crippen LogP contribution in [0, 0.1) is 4.91 Å². The number of nitroso groups, excluding NO2 is 1. The summed E-state index contributed by atoms with van der Waals surface area (Å²) in [7, 11) is 0. The first-order chi connectivity index (χ1) is 6.90. The van der Waals surface area contributed by atoms with Crippen molar-refractivity contribution in [3.63, 3.8) is 0 Å². The normalized spacial score (nSPS) is 10.0. The maximum Gasteiger partial charge on any atom is 0.173 e. The van der Waals surface area contributed by atoms with Crippen molar-refractivity contribution >= 4 is 11.5 Å². The molecule has 0 aliphatic heterocycles. The molecule has 0 amide bonds. The summed E-state index contributed by atoms with van der Waals surface area (Å²) in [6, 6.07) is 9.64. The molecule has 0 atom stereocenters. The zero-order valence-corrected chi connectivity index (χ0v) is 8.07. The SMILES string of the molecule is O=NCc1nc(-c2ccccc2)ns1. The van der Waals surface area contributed by atoms with E-state index in [0.29, 0.717) is 10.8 Å². The van der Waals surface area contributed by atoms with E-state index >= 15 is 0 Å². The van der Waals surface area contributed by atoms with Crippen LogP contribution in [-0.4, -0.2) is 9.36 Å². The smallest absolute Gasteiger partial charge is 0.173 e. The molecule has 0 saturated heterocycles. The molecule has 0 aliphatic carbocycles. The van der Waals surface area contributed by atoms with Crippen molar-refractivity contribution in [2.75, 3.05) is 0 Å².